The van der Waals surface area contributed by atoms with Crippen molar-refractivity contribution in [2.24, 2.45) is 0 Å². The van der Waals surface area contributed by atoms with E-state index in [9.17, 15) is 5.11 Å². The molecule has 0 aliphatic carbocycles. The van der Waals surface area contributed by atoms with Gasteiger partial charge in [-0.15, -0.1) is 0 Å². The van der Waals surface area contributed by atoms with Crippen LogP contribution >= 0.6 is 0 Å². The number of aromatic amines is 1. The van der Waals surface area contributed by atoms with Crippen LogP contribution in [0.25, 0.3) is 11.2 Å². The Morgan fingerprint density at radius 3 is 2.19 bits per heavy atom. The van der Waals surface area contributed by atoms with E-state index in [1.807, 2.05) is 4.57 Å². The van der Waals surface area contributed by atoms with Crippen molar-refractivity contribution in [3.63, 3.8) is 0 Å². The number of nitrogens with zero attached hydrogens (tertiary/aromatic N) is 5. The Labute approximate surface area is 212 Å². The molecule has 2 aromatic carbocycles. The van der Waals surface area contributed by atoms with E-state index in [1.54, 1.807) is 12.7 Å². The summed E-state index contributed by atoms with van der Waals surface area (Å²) in [6, 6.07) is 22.0. The Hall–Kier alpha value is -3.33. The molecule has 1 saturated heterocycles. The van der Waals surface area contributed by atoms with Crippen molar-refractivity contribution in [1.82, 2.24) is 24.8 Å². The summed E-state index contributed by atoms with van der Waals surface area (Å²) in [5.41, 5.74) is 4.30. The van der Waals surface area contributed by atoms with Crippen molar-refractivity contribution in [1.29, 1.82) is 0 Å². The van der Waals surface area contributed by atoms with Gasteiger partial charge in [0.15, 0.2) is 11.8 Å². The molecule has 1 aliphatic heterocycles. The third-order valence-electron chi connectivity index (χ3n) is 6.76. The van der Waals surface area contributed by atoms with Crippen LogP contribution in [0.1, 0.15) is 31.0 Å². The number of aromatic nitrogens is 4. The zero-order valence-corrected chi connectivity index (χ0v) is 21.1. The second-order valence-electron chi connectivity index (χ2n) is 9.86. The highest BCUT2D eigenvalue weighted by Crippen LogP contribution is 2.29. The lowest BCUT2D eigenvalue weighted by molar-refractivity contribution is -0.683. The van der Waals surface area contributed by atoms with Gasteiger partial charge in [-0.1, -0.05) is 70.6 Å². The number of nitrogens with one attached hydrogen (secondary N) is 2. The van der Waals surface area contributed by atoms with E-state index in [0.29, 0.717) is 13.1 Å². The van der Waals surface area contributed by atoms with Gasteiger partial charge in [-0.2, -0.15) is 0 Å². The van der Waals surface area contributed by atoms with Crippen LogP contribution in [0, 0.1) is 0 Å². The van der Waals surface area contributed by atoms with Crippen LogP contribution in [-0.4, -0.2) is 74.7 Å². The van der Waals surface area contributed by atoms with Gasteiger partial charge in [0, 0.05) is 38.8 Å². The molecule has 1 unspecified atom stereocenters. The van der Waals surface area contributed by atoms with Crippen LogP contribution in [0.15, 0.2) is 73.3 Å². The second-order valence-corrected chi connectivity index (χ2v) is 9.86. The monoisotopic (exact) mass is 486 g/mol. The molecule has 4 aromatic rings. The van der Waals surface area contributed by atoms with Gasteiger partial charge in [0.1, 0.15) is 0 Å². The number of piperazine rings is 1. The average Bonchev–Trinajstić information content (AvgIpc) is 3.39. The number of aliphatic hydroxyl groups excluding tert-OH is 1. The first-order valence-electron chi connectivity index (χ1n) is 12.8. The van der Waals surface area contributed by atoms with Crippen molar-refractivity contribution >= 4 is 17.0 Å². The van der Waals surface area contributed by atoms with Crippen LogP contribution < -0.4 is 9.88 Å². The molecule has 1 fully saturated rings. The van der Waals surface area contributed by atoms with Crippen LogP contribution in [0.3, 0.4) is 0 Å². The van der Waals surface area contributed by atoms with E-state index in [1.165, 1.54) is 11.1 Å². The van der Waals surface area contributed by atoms with Crippen LogP contribution in [-0.2, 0) is 6.54 Å². The van der Waals surface area contributed by atoms with Gasteiger partial charge in [0.25, 0.3) is 5.65 Å². The third kappa shape index (κ3) is 5.56. The third-order valence-corrected chi connectivity index (χ3v) is 6.76. The minimum absolute atomic E-state index is 0.243. The summed E-state index contributed by atoms with van der Waals surface area (Å²) < 4.78 is 1.93. The number of aliphatic hydroxyl groups is 1. The zero-order chi connectivity index (χ0) is 24.9. The Bertz CT molecular complexity index is 1200. The first-order valence-corrected chi connectivity index (χ1v) is 12.8. The summed E-state index contributed by atoms with van der Waals surface area (Å²) in [5.74, 6) is 0.783. The number of benzene rings is 2. The summed E-state index contributed by atoms with van der Waals surface area (Å²) >= 11 is 0. The molecule has 3 heterocycles. The van der Waals surface area contributed by atoms with Crippen LogP contribution in [0.2, 0.25) is 0 Å². The summed E-state index contributed by atoms with van der Waals surface area (Å²) in [5, 5.41) is 14.3. The number of hydrogen-bond donors (Lipinski definition) is 3. The lowest BCUT2D eigenvalue weighted by Crippen LogP contribution is -2.52. The lowest BCUT2D eigenvalue weighted by atomic mass is 9.96. The Balaban J connectivity index is 1.21. The molecule has 0 amide bonds. The maximum Gasteiger partial charge on any atom is 0.293 e. The molecule has 5 rings (SSSR count). The van der Waals surface area contributed by atoms with Crippen molar-refractivity contribution in [3.8, 4) is 0 Å². The van der Waals surface area contributed by atoms with Crippen molar-refractivity contribution in [2.75, 3.05) is 38.0 Å². The summed E-state index contributed by atoms with van der Waals surface area (Å²) in [4.78, 5) is 17.1. The predicted molar refractivity (Wildman–Crippen MR) is 142 cm³/mol. The fourth-order valence-corrected chi connectivity index (χ4v) is 5.11. The van der Waals surface area contributed by atoms with E-state index in [4.69, 9.17) is 0 Å². The van der Waals surface area contributed by atoms with E-state index in [2.05, 4.69) is 105 Å². The van der Waals surface area contributed by atoms with Crippen LogP contribution in [0.4, 0.5) is 5.82 Å². The van der Waals surface area contributed by atoms with Gasteiger partial charge < -0.3 is 15.4 Å². The quantitative estimate of drug-likeness (QED) is 0.316. The smallest absolute Gasteiger partial charge is 0.293 e. The fourth-order valence-electron chi connectivity index (χ4n) is 5.11. The molecule has 1 atom stereocenters. The number of H-pyrrole nitrogens is 1. The van der Waals surface area contributed by atoms with E-state index in [0.717, 1.165) is 43.2 Å². The SMILES string of the molecule is CC(C)Nc1nc[n+](CC(O)CN2CCN(C(c3ccccc3)c3ccccc3)CC2)c2nc[nH]c12. The number of rotatable bonds is 9. The fraction of sp³-hybridized carbons (Fsp3) is 0.393. The number of fused-ring (bicyclic) bond motifs is 1. The molecule has 0 spiro atoms. The van der Waals surface area contributed by atoms with Crippen molar-refractivity contribution < 1.29 is 9.67 Å². The first-order chi connectivity index (χ1) is 17.6. The average molecular weight is 487 g/mol. The maximum atomic E-state index is 10.9. The first kappa shape index (κ1) is 24.4. The van der Waals surface area contributed by atoms with E-state index >= 15 is 0 Å². The second kappa shape index (κ2) is 11.2. The van der Waals surface area contributed by atoms with Crippen molar-refractivity contribution in [3.05, 3.63) is 84.4 Å². The molecular weight excluding hydrogens is 450 g/mol. The largest absolute Gasteiger partial charge is 0.388 e. The van der Waals surface area contributed by atoms with Gasteiger partial charge in [-0.3, -0.25) is 9.80 Å². The summed E-state index contributed by atoms with van der Waals surface area (Å²) in [7, 11) is 0. The number of imidazole rings is 1. The molecule has 0 saturated carbocycles. The molecule has 0 bridgehead atoms. The Morgan fingerprint density at radius 2 is 1.58 bits per heavy atom. The highest BCUT2D eigenvalue weighted by atomic mass is 16.3. The molecule has 188 valence electrons. The topological polar surface area (TPSA) is 84.2 Å². The molecule has 8 nitrogen and oxygen atoms in total. The maximum absolute atomic E-state index is 10.9. The molecule has 0 radical (unpaired) electrons. The number of anilines is 1. The van der Waals surface area contributed by atoms with Gasteiger partial charge in [0.05, 0.1) is 18.7 Å². The number of hydrogen-bond acceptors (Lipinski definition) is 6. The van der Waals surface area contributed by atoms with Crippen molar-refractivity contribution in [2.45, 2.75) is 38.6 Å². The molecular formula is C28H36N7O+. The van der Waals surface area contributed by atoms with Gasteiger partial charge in [0.2, 0.25) is 12.1 Å². The molecule has 1 aliphatic rings. The van der Waals surface area contributed by atoms with E-state index < -0.39 is 6.10 Å². The van der Waals surface area contributed by atoms with Gasteiger partial charge in [-0.05, 0) is 25.0 Å². The summed E-state index contributed by atoms with van der Waals surface area (Å²) in [6.07, 6.45) is 2.93. The Kier molecular flexibility index (Phi) is 7.55. The highest BCUT2D eigenvalue weighted by molar-refractivity contribution is 5.79. The minimum Gasteiger partial charge on any atom is -0.388 e. The lowest BCUT2D eigenvalue weighted by Gasteiger charge is -2.40. The molecule has 2 aromatic heterocycles. The highest BCUT2D eigenvalue weighted by Gasteiger charge is 2.28. The van der Waals surface area contributed by atoms with Gasteiger partial charge in [-0.25, -0.2) is 4.57 Å². The van der Waals surface area contributed by atoms with Gasteiger partial charge >= 0.3 is 0 Å². The molecule has 8 heteroatoms. The summed E-state index contributed by atoms with van der Waals surface area (Å²) in [6.45, 7) is 8.99. The molecule has 36 heavy (non-hydrogen) atoms. The number of β-amino-alcohol motifs (C(OH)–C–C–N with tert-alkyl or cyclic N) is 1. The normalized spacial score (nSPS) is 16.1. The Morgan fingerprint density at radius 1 is 0.944 bits per heavy atom. The molecule has 3 N–H and O–H groups in total. The van der Waals surface area contributed by atoms with Crippen LogP contribution in [0.5, 0.6) is 0 Å². The standard InChI is InChI=1S/C28H35N7O/c1-21(2)32-27-25-28(30-19-29-25)35(20-31-27)18-24(36)17-33-13-15-34(16-14-33)26(22-9-5-3-6-10-22)23-11-7-4-8-12-23/h3-12,19-21,24,26,36H,13-18H2,1-2H3,(H,29,30,32)/p+1. The van der Waals surface area contributed by atoms with E-state index in [-0.39, 0.29) is 12.1 Å². The predicted octanol–water partition coefficient (Wildman–Crippen LogP) is 2.83. The zero-order valence-electron chi connectivity index (χ0n) is 21.1. The minimum atomic E-state index is -0.508.